The zero-order valence-electron chi connectivity index (χ0n) is 21.5. The van der Waals surface area contributed by atoms with Crippen molar-refractivity contribution in [3.8, 4) is 17.1 Å². The van der Waals surface area contributed by atoms with Gasteiger partial charge in [-0.25, -0.2) is 0 Å². The van der Waals surface area contributed by atoms with Gasteiger partial charge in [0.05, 0.1) is 35.1 Å². The van der Waals surface area contributed by atoms with E-state index in [0.29, 0.717) is 34.9 Å². The molecule has 1 amide bonds. The number of hydrogen-bond donors (Lipinski definition) is 4. The standard InChI is InChI=1S/C30H27N7O2/c1-18(38)20-10-11-25(33-19(2)39)23(16-20)26-12-13-29(35-34-26)37-28-9-4-3-8-27(28)36(30(37)31)17-21-6-5-7-24-22(21)14-15-32-24/h3-16,18,31-32,38H,17H2,1-2H3,(H,33,39). The summed E-state index contributed by atoms with van der Waals surface area (Å²) in [5.74, 6) is 0.300. The number of aromatic amines is 1. The number of nitrogens with zero attached hydrogens (tertiary/aromatic N) is 4. The Bertz CT molecular complexity index is 1900. The Labute approximate surface area is 223 Å². The van der Waals surface area contributed by atoms with E-state index in [1.165, 1.54) is 6.92 Å². The number of aliphatic hydroxyl groups is 1. The minimum atomic E-state index is -0.674. The first-order valence-corrected chi connectivity index (χ1v) is 12.6. The highest BCUT2D eigenvalue weighted by molar-refractivity contribution is 5.93. The molecule has 0 aliphatic carbocycles. The Balaban J connectivity index is 1.44. The number of carbonyl (C=O) groups excluding carboxylic acids is 1. The number of amides is 1. The zero-order valence-corrected chi connectivity index (χ0v) is 21.5. The van der Waals surface area contributed by atoms with E-state index >= 15 is 0 Å². The Morgan fingerprint density at radius 1 is 1.03 bits per heavy atom. The summed E-state index contributed by atoms with van der Waals surface area (Å²) in [7, 11) is 0. The maximum absolute atomic E-state index is 11.8. The maximum Gasteiger partial charge on any atom is 0.221 e. The van der Waals surface area contributed by atoms with Crippen LogP contribution in [-0.4, -0.2) is 35.3 Å². The van der Waals surface area contributed by atoms with Crippen LogP contribution in [0.5, 0.6) is 0 Å². The molecular weight excluding hydrogens is 490 g/mol. The third-order valence-electron chi connectivity index (χ3n) is 6.89. The van der Waals surface area contributed by atoms with Crippen molar-refractivity contribution in [1.82, 2.24) is 24.3 Å². The van der Waals surface area contributed by atoms with Gasteiger partial charge in [-0.1, -0.05) is 30.3 Å². The number of nitrogens with one attached hydrogen (secondary N) is 3. The van der Waals surface area contributed by atoms with E-state index in [1.54, 1.807) is 29.7 Å². The van der Waals surface area contributed by atoms with Gasteiger partial charge in [-0.2, -0.15) is 0 Å². The first kappa shape index (κ1) is 24.3. The Kier molecular flexibility index (Phi) is 6.05. The first-order chi connectivity index (χ1) is 18.9. The third kappa shape index (κ3) is 4.38. The van der Waals surface area contributed by atoms with Crippen LogP contribution in [0.15, 0.2) is 85.1 Å². The molecule has 1 atom stereocenters. The normalized spacial score (nSPS) is 12.2. The largest absolute Gasteiger partial charge is 0.389 e. The minimum absolute atomic E-state index is 0.205. The number of carbonyl (C=O) groups is 1. The Morgan fingerprint density at radius 3 is 2.59 bits per heavy atom. The molecule has 0 saturated carbocycles. The SMILES string of the molecule is CC(=O)Nc1ccc(C(C)O)cc1-c1ccc(-n2c(=N)n(Cc3cccc4[nH]ccc34)c3ccccc32)nn1. The molecule has 39 heavy (non-hydrogen) atoms. The van der Waals surface area contributed by atoms with Gasteiger partial charge >= 0.3 is 0 Å². The van der Waals surface area contributed by atoms with Crippen molar-refractivity contribution in [1.29, 1.82) is 5.41 Å². The van der Waals surface area contributed by atoms with E-state index in [2.05, 4.69) is 32.6 Å². The Hall–Kier alpha value is -5.02. The van der Waals surface area contributed by atoms with Crippen LogP contribution in [0, 0.1) is 5.41 Å². The Morgan fingerprint density at radius 2 is 1.85 bits per heavy atom. The van der Waals surface area contributed by atoms with Crippen molar-refractivity contribution >= 4 is 33.5 Å². The van der Waals surface area contributed by atoms with E-state index in [0.717, 1.165) is 27.5 Å². The molecule has 1 unspecified atom stereocenters. The molecule has 194 valence electrons. The van der Waals surface area contributed by atoms with Crippen LogP contribution >= 0.6 is 0 Å². The van der Waals surface area contributed by atoms with Crippen molar-refractivity contribution < 1.29 is 9.90 Å². The number of para-hydroxylation sites is 2. The molecule has 0 aliphatic rings. The van der Waals surface area contributed by atoms with Crippen molar-refractivity contribution in [2.75, 3.05) is 5.32 Å². The average molecular weight is 518 g/mol. The monoisotopic (exact) mass is 517 g/mol. The lowest BCUT2D eigenvalue weighted by atomic mass is 10.0. The minimum Gasteiger partial charge on any atom is -0.389 e. The fraction of sp³-hybridized carbons (Fsp3) is 0.133. The van der Waals surface area contributed by atoms with Gasteiger partial charge in [0.25, 0.3) is 0 Å². The molecule has 6 rings (SSSR count). The zero-order chi connectivity index (χ0) is 27.1. The smallest absolute Gasteiger partial charge is 0.221 e. The molecule has 3 heterocycles. The quantitative estimate of drug-likeness (QED) is 0.251. The molecule has 0 radical (unpaired) electrons. The summed E-state index contributed by atoms with van der Waals surface area (Å²) in [5, 5.41) is 32.1. The van der Waals surface area contributed by atoms with Crippen LogP contribution in [0.4, 0.5) is 5.69 Å². The van der Waals surface area contributed by atoms with E-state index in [1.807, 2.05) is 59.3 Å². The molecule has 4 N–H and O–H groups in total. The molecule has 3 aromatic carbocycles. The number of anilines is 1. The van der Waals surface area contributed by atoms with E-state index in [-0.39, 0.29) is 11.5 Å². The van der Waals surface area contributed by atoms with Gasteiger partial charge in [-0.3, -0.25) is 14.8 Å². The second-order valence-electron chi connectivity index (χ2n) is 9.53. The lowest BCUT2D eigenvalue weighted by Gasteiger charge is -2.13. The van der Waals surface area contributed by atoms with Gasteiger partial charge in [0.1, 0.15) is 0 Å². The summed E-state index contributed by atoms with van der Waals surface area (Å²) in [5.41, 5.74) is 6.69. The molecule has 0 spiro atoms. The van der Waals surface area contributed by atoms with E-state index < -0.39 is 6.10 Å². The van der Waals surface area contributed by atoms with Gasteiger partial charge in [0, 0.05) is 29.6 Å². The van der Waals surface area contributed by atoms with Crippen LogP contribution in [0.25, 0.3) is 39.0 Å². The molecule has 9 nitrogen and oxygen atoms in total. The summed E-state index contributed by atoms with van der Waals surface area (Å²) in [6.45, 7) is 3.66. The second-order valence-corrected chi connectivity index (χ2v) is 9.53. The van der Waals surface area contributed by atoms with Crippen LogP contribution in [0.1, 0.15) is 31.1 Å². The average Bonchev–Trinajstić information content (AvgIpc) is 3.52. The molecule has 3 aromatic heterocycles. The molecule has 9 heteroatoms. The molecule has 0 fully saturated rings. The summed E-state index contributed by atoms with van der Waals surface area (Å²) in [6.07, 6.45) is 1.25. The van der Waals surface area contributed by atoms with Crippen molar-refractivity contribution in [3.63, 3.8) is 0 Å². The van der Waals surface area contributed by atoms with Crippen LogP contribution in [-0.2, 0) is 11.3 Å². The number of rotatable bonds is 6. The summed E-state index contributed by atoms with van der Waals surface area (Å²) in [4.78, 5) is 15.0. The number of aliphatic hydroxyl groups excluding tert-OH is 1. The maximum atomic E-state index is 11.8. The first-order valence-electron chi connectivity index (χ1n) is 12.6. The number of imidazole rings is 1. The fourth-order valence-corrected chi connectivity index (χ4v) is 5.00. The molecular formula is C30H27N7O2. The summed E-state index contributed by atoms with van der Waals surface area (Å²) >= 11 is 0. The van der Waals surface area contributed by atoms with E-state index in [4.69, 9.17) is 5.41 Å². The third-order valence-corrected chi connectivity index (χ3v) is 6.89. The molecule has 0 aliphatic heterocycles. The van der Waals surface area contributed by atoms with Gasteiger partial charge in [-0.15, -0.1) is 10.2 Å². The van der Waals surface area contributed by atoms with Gasteiger partial charge in [-0.05, 0) is 66.6 Å². The lowest BCUT2D eigenvalue weighted by molar-refractivity contribution is -0.114. The molecule has 0 saturated heterocycles. The van der Waals surface area contributed by atoms with E-state index in [9.17, 15) is 9.90 Å². The highest BCUT2D eigenvalue weighted by Crippen LogP contribution is 2.30. The fourth-order valence-electron chi connectivity index (χ4n) is 5.00. The van der Waals surface area contributed by atoms with Crippen LogP contribution in [0.3, 0.4) is 0 Å². The van der Waals surface area contributed by atoms with Crippen molar-refractivity contribution in [2.45, 2.75) is 26.5 Å². The van der Waals surface area contributed by atoms with Crippen LogP contribution < -0.4 is 10.9 Å². The molecule has 0 bridgehead atoms. The summed E-state index contributed by atoms with van der Waals surface area (Å²) in [6, 6.07) is 25.0. The topological polar surface area (TPSA) is 125 Å². The summed E-state index contributed by atoms with van der Waals surface area (Å²) < 4.78 is 3.75. The number of benzene rings is 3. The number of aromatic nitrogens is 5. The van der Waals surface area contributed by atoms with Gasteiger partial charge in [0.2, 0.25) is 11.5 Å². The van der Waals surface area contributed by atoms with Gasteiger partial charge in [0.15, 0.2) is 5.82 Å². The number of fused-ring (bicyclic) bond motifs is 2. The second kappa shape index (κ2) is 9.70. The number of H-pyrrole nitrogens is 1. The highest BCUT2D eigenvalue weighted by atomic mass is 16.3. The highest BCUT2D eigenvalue weighted by Gasteiger charge is 2.16. The van der Waals surface area contributed by atoms with Gasteiger partial charge < -0.3 is 20.0 Å². The van der Waals surface area contributed by atoms with Crippen molar-refractivity contribution in [2.24, 2.45) is 0 Å². The van der Waals surface area contributed by atoms with Crippen LogP contribution in [0.2, 0.25) is 0 Å². The number of hydrogen-bond acceptors (Lipinski definition) is 5. The van der Waals surface area contributed by atoms with Crippen molar-refractivity contribution in [3.05, 3.63) is 102 Å². The molecule has 6 aromatic rings. The predicted molar refractivity (Wildman–Crippen MR) is 150 cm³/mol. The predicted octanol–water partition coefficient (Wildman–Crippen LogP) is 4.91. The lowest BCUT2D eigenvalue weighted by Crippen LogP contribution is -2.24.